The van der Waals surface area contributed by atoms with Gasteiger partial charge >= 0.3 is 0 Å². The van der Waals surface area contributed by atoms with E-state index in [4.69, 9.17) is 0 Å². The minimum Gasteiger partial charge on any atom is -0.315 e. The van der Waals surface area contributed by atoms with Crippen LogP contribution >= 0.6 is 0 Å². The highest BCUT2D eigenvalue weighted by atomic mass is 15.0. The van der Waals surface area contributed by atoms with Crippen molar-refractivity contribution in [3.05, 3.63) is 30.1 Å². The van der Waals surface area contributed by atoms with Crippen LogP contribution < -0.4 is 10.6 Å². The van der Waals surface area contributed by atoms with Crippen molar-refractivity contribution in [2.24, 2.45) is 0 Å². The Hall–Kier alpha value is -0.930. The van der Waals surface area contributed by atoms with Gasteiger partial charge < -0.3 is 10.6 Å². The molecule has 3 heteroatoms. The lowest BCUT2D eigenvalue weighted by atomic mass is 10.2. The highest BCUT2D eigenvalue weighted by Gasteiger charge is 2.13. The summed E-state index contributed by atoms with van der Waals surface area (Å²) in [6.45, 7) is 3.17. The smallest absolute Gasteiger partial charge is 0.0621 e. The second-order valence-electron chi connectivity index (χ2n) is 3.32. The number of rotatable bonds is 1. The maximum absolute atomic E-state index is 4.34. The standard InChI is InChI=1S/C10H15N3/c1-2-6-12-9(4-1)10-8-11-5-3-7-13-10/h1-2,4,6,10-11,13H,3,5,7-8H2. The Bertz CT molecular complexity index is 240. The molecular weight excluding hydrogens is 162 g/mol. The first-order valence-corrected chi connectivity index (χ1v) is 4.82. The van der Waals surface area contributed by atoms with Crippen molar-refractivity contribution in [2.45, 2.75) is 12.5 Å². The van der Waals surface area contributed by atoms with Gasteiger partial charge in [-0.25, -0.2) is 0 Å². The van der Waals surface area contributed by atoms with Gasteiger partial charge in [-0.05, 0) is 31.6 Å². The van der Waals surface area contributed by atoms with Crippen LogP contribution in [0.4, 0.5) is 0 Å². The van der Waals surface area contributed by atoms with Gasteiger partial charge in [-0.2, -0.15) is 0 Å². The monoisotopic (exact) mass is 177 g/mol. The van der Waals surface area contributed by atoms with Crippen LogP contribution in [0.3, 0.4) is 0 Å². The molecule has 0 bridgehead atoms. The fourth-order valence-corrected chi connectivity index (χ4v) is 1.60. The summed E-state index contributed by atoms with van der Waals surface area (Å²) in [6, 6.07) is 6.44. The van der Waals surface area contributed by atoms with Crippen LogP contribution in [0.2, 0.25) is 0 Å². The first-order valence-electron chi connectivity index (χ1n) is 4.82. The van der Waals surface area contributed by atoms with E-state index in [1.165, 1.54) is 6.42 Å². The van der Waals surface area contributed by atoms with Crippen LogP contribution in [0.1, 0.15) is 18.2 Å². The Balaban J connectivity index is 2.06. The number of hydrogen-bond donors (Lipinski definition) is 2. The van der Waals surface area contributed by atoms with Crippen molar-refractivity contribution in [2.75, 3.05) is 19.6 Å². The molecule has 70 valence electrons. The van der Waals surface area contributed by atoms with E-state index in [1.54, 1.807) is 0 Å². The van der Waals surface area contributed by atoms with Crippen LogP contribution in [0.25, 0.3) is 0 Å². The molecule has 1 aromatic heterocycles. The summed E-state index contributed by atoms with van der Waals surface area (Å²) in [5, 5.41) is 6.87. The molecule has 13 heavy (non-hydrogen) atoms. The molecule has 1 aliphatic rings. The van der Waals surface area contributed by atoms with Crippen molar-refractivity contribution < 1.29 is 0 Å². The number of hydrogen-bond acceptors (Lipinski definition) is 3. The second-order valence-corrected chi connectivity index (χ2v) is 3.32. The third kappa shape index (κ3) is 2.26. The summed E-state index contributed by atoms with van der Waals surface area (Å²) in [7, 11) is 0. The van der Waals surface area contributed by atoms with Gasteiger partial charge in [-0.1, -0.05) is 6.07 Å². The van der Waals surface area contributed by atoms with Crippen molar-refractivity contribution in [1.29, 1.82) is 0 Å². The largest absolute Gasteiger partial charge is 0.315 e. The quantitative estimate of drug-likeness (QED) is 0.663. The fraction of sp³-hybridized carbons (Fsp3) is 0.500. The van der Waals surface area contributed by atoms with E-state index in [0.717, 1.165) is 25.3 Å². The molecule has 1 fully saturated rings. The minimum absolute atomic E-state index is 0.378. The Labute approximate surface area is 78.6 Å². The summed E-state index contributed by atoms with van der Waals surface area (Å²) in [5.74, 6) is 0. The predicted octanol–water partition coefficient (Wildman–Crippen LogP) is 0.706. The Morgan fingerprint density at radius 1 is 1.31 bits per heavy atom. The summed E-state index contributed by atoms with van der Waals surface area (Å²) in [6.07, 6.45) is 3.05. The van der Waals surface area contributed by atoms with E-state index in [2.05, 4.69) is 21.7 Å². The third-order valence-electron chi connectivity index (χ3n) is 2.31. The summed E-state index contributed by atoms with van der Waals surface area (Å²) in [4.78, 5) is 4.34. The van der Waals surface area contributed by atoms with Gasteiger partial charge in [0.1, 0.15) is 0 Å². The van der Waals surface area contributed by atoms with E-state index in [1.807, 2.05) is 18.3 Å². The van der Waals surface area contributed by atoms with Gasteiger partial charge in [0, 0.05) is 12.7 Å². The van der Waals surface area contributed by atoms with Crippen LogP contribution in [-0.2, 0) is 0 Å². The van der Waals surface area contributed by atoms with E-state index in [-0.39, 0.29) is 0 Å². The number of nitrogens with zero attached hydrogens (tertiary/aromatic N) is 1. The van der Waals surface area contributed by atoms with Crippen LogP contribution in [0.15, 0.2) is 24.4 Å². The Morgan fingerprint density at radius 2 is 2.31 bits per heavy atom. The number of aromatic nitrogens is 1. The third-order valence-corrected chi connectivity index (χ3v) is 2.31. The molecule has 3 nitrogen and oxygen atoms in total. The second kappa shape index (κ2) is 4.35. The molecule has 0 spiro atoms. The zero-order valence-corrected chi connectivity index (χ0v) is 7.66. The maximum atomic E-state index is 4.34. The van der Waals surface area contributed by atoms with Crippen molar-refractivity contribution in [3.63, 3.8) is 0 Å². The molecule has 2 heterocycles. The molecule has 1 aliphatic heterocycles. The average molecular weight is 177 g/mol. The van der Waals surface area contributed by atoms with Gasteiger partial charge in [-0.15, -0.1) is 0 Å². The van der Waals surface area contributed by atoms with E-state index in [9.17, 15) is 0 Å². The average Bonchev–Trinajstić information content (AvgIpc) is 2.47. The molecule has 0 aromatic carbocycles. The maximum Gasteiger partial charge on any atom is 0.0621 e. The summed E-state index contributed by atoms with van der Waals surface area (Å²) in [5.41, 5.74) is 1.14. The lowest BCUT2D eigenvalue weighted by Gasteiger charge is -2.14. The molecule has 1 atom stereocenters. The highest BCUT2D eigenvalue weighted by molar-refractivity contribution is 5.09. The summed E-state index contributed by atoms with van der Waals surface area (Å²) >= 11 is 0. The van der Waals surface area contributed by atoms with Gasteiger partial charge in [0.05, 0.1) is 11.7 Å². The topological polar surface area (TPSA) is 37.0 Å². The highest BCUT2D eigenvalue weighted by Crippen LogP contribution is 2.09. The van der Waals surface area contributed by atoms with E-state index in [0.29, 0.717) is 6.04 Å². The number of pyridine rings is 1. The molecule has 2 N–H and O–H groups in total. The first-order chi connectivity index (χ1) is 6.47. The molecule has 0 radical (unpaired) electrons. The Kier molecular flexibility index (Phi) is 2.90. The molecular formula is C10H15N3. The lowest BCUT2D eigenvalue weighted by Crippen LogP contribution is -2.27. The molecule has 1 aromatic rings. The number of nitrogens with one attached hydrogen (secondary N) is 2. The van der Waals surface area contributed by atoms with Gasteiger partial charge in [0.25, 0.3) is 0 Å². The molecule has 0 aliphatic carbocycles. The SMILES string of the molecule is c1ccc(C2CNCCCN2)nc1. The molecule has 1 saturated heterocycles. The predicted molar refractivity (Wildman–Crippen MR) is 52.5 cm³/mol. The summed E-state index contributed by atoms with van der Waals surface area (Å²) < 4.78 is 0. The van der Waals surface area contributed by atoms with E-state index < -0.39 is 0 Å². The van der Waals surface area contributed by atoms with Crippen LogP contribution in [0.5, 0.6) is 0 Å². The molecule has 0 saturated carbocycles. The van der Waals surface area contributed by atoms with Crippen molar-refractivity contribution >= 4 is 0 Å². The van der Waals surface area contributed by atoms with E-state index >= 15 is 0 Å². The van der Waals surface area contributed by atoms with Gasteiger partial charge in [0.2, 0.25) is 0 Å². The van der Waals surface area contributed by atoms with Crippen molar-refractivity contribution in [1.82, 2.24) is 15.6 Å². The zero-order chi connectivity index (χ0) is 8.93. The van der Waals surface area contributed by atoms with Gasteiger partial charge in [-0.3, -0.25) is 4.98 Å². The Morgan fingerprint density at radius 3 is 3.15 bits per heavy atom. The first kappa shape index (κ1) is 8.66. The normalized spacial score (nSPS) is 23.8. The minimum atomic E-state index is 0.378. The van der Waals surface area contributed by atoms with Gasteiger partial charge in [0.15, 0.2) is 0 Å². The molecule has 2 rings (SSSR count). The van der Waals surface area contributed by atoms with Crippen LogP contribution in [-0.4, -0.2) is 24.6 Å². The van der Waals surface area contributed by atoms with Crippen LogP contribution in [0, 0.1) is 0 Å². The lowest BCUT2D eigenvalue weighted by molar-refractivity contribution is 0.540. The zero-order valence-electron chi connectivity index (χ0n) is 7.66. The van der Waals surface area contributed by atoms with Crippen molar-refractivity contribution in [3.8, 4) is 0 Å². The fourth-order valence-electron chi connectivity index (χ4n) is 1.60. The molecule has 1 unspecified atom stereocenters. The molecule has 0 amide bonds.